The molecule has 0 spiro atoms. The molecule has 0 unspecified atom stereocenters. The molecule has 8 nitrogen and oxygen atoms in total. The third kappa shape index (κ3) is 6.03. The topological polar surface area (TPSA) is 109 Å². The van der Waals surface area contributed by atoms with E-state index in [1.807, 2.05) is 12.1 Å². The van der Waals surface area contributed by atoms with Gasteiger partial charge in [0, 0.05) is 6.54 Å². The number of nitrogens with one attached hydrogen (secondary N) is 2. The van der Waals surface area contributed by atoms with Crippen LogP contribution in [0.15, 0.2) is 47.6 Å². The number of carbonyl (C=O) groups is 2. The highest BCUT2D eigenvalue weighted by molar-refractivity contribution is 6.35. The van der Waals surface area contributed by atoms with Crippen molar-refractivity contribution in [2.75, 3.05) is 20.8 Å². The molecule has 27 heavy (non-hydrogen) atoms. The van der Waals surface area contributed by atoms with Crippen molar-refractivity contribution in [1.82, 2.24) is 10.7 Å². The monoisotopic (exact) mass is 371 g/mol. The van der Waals surface area contributed by atoms with Gasteiger partial charge < -0.3 is 19.9 Å². The molecular weight excluding hydrogens is 350 g/mol. The Bertz CT molecular complexity index is 836. The van der Waals surface area contributed by atoms with Gasteiger partial charge in [-0.25, -0.2) is 5.43 Å². The number of hydrogen-bond donors (Lipinski definition) is 3. The standard InChI is InChI=1S/C19H21N3O5/c1-26-16-7-6-13(11-17(16)27-2)8-9-20-18(24)19(25)22-21-12-14-4-3-5-15(23)10-14/h3-7,10-12,23H,8-9H2,1-2H3,(H,20,24)(H,22,25)/b21-12-. The predicted octanol–water partition coefficient (Wildman–Crippen LogP) is 1.22. The molecule has 2 aromatic carbocycles. The van der Waals surface area contributed by atoms with Gasteiger partial charge in [0.15, 0.2) is 11.5 Å². The zero-order valence-corrected chi connectivity index (χ0v) is 15.1. The molecule has 0 aliphatic rings. The van der Waals surface area contributed by atoms with Gasteiger partial charge >= 0.3 is 11.8 Å². The number of ether oxygens (including phenoxy) is 2. The highest BCUT2D eigenvalue weighted by atomic mass is 16.5. The van der Waals surface area contributed by atoms with E-state index in [0.717, 1.165) is 5.56 Å². The van der Waals surface area contributed by atoms with Crippen LogP contribution in [0.4, 0.5) is 0 Å². The lowest BCUT2D eigenvalue weighted by molar-refractivity contribution is -0.139. The van der Waals surface area contributed by atoms with Crippen LogP contribution >= 0.6 is 0 Å². The zero-order chi connectivity index (χ0) is 19.6. The van der Waals surface area contributed by atoms with E-state index in [4.69, 9.17) is 9.47 Å². The molecule has 3 N–H and O–H groups in total. The van der Waals surface area contributed by atoms with Crippen molar-refractivity contribution in [2.45, 2.75) is 6.42 Å². The lowest BCUT2D eigenvalue weighted by Gasteiger charge is -2.10. The Balaban J connectivity index is 1.79. The van der Waals surface area contributed by atoms with E-state index < -0.39 is 11.8 Å². The Morgan fingerprint density at radius 2 is 1.85 bits per heavy atom. The van der Waals surface area contributed by atoms with Crippen LogP contribution in [0.5, 0.6) is 17.2 Å². The average molecular weight is 371 g/mol. The van der Waals surface area contributed by atoms with Gasteiger partial charge in [0.1, 0.15) is 5.75 Å². The number of carbonyl (C=O) groups excluding carboxylic acids is 2. The summed E-state index contributed by atoms with van der Waals surface area (Å²) >= 11 is 0. The molecule has 0 aromatic heterocycles. The molecule has 0 heterocycles. The Kier molecular flexibility index (Phi) is 7.18. The summed E-state index contributed by atoms with van der Waals surface area (Å²) in [4.78, 5) is 23.5. The van der Waals surface area contributed by atoms with Gasteiger partial charge in [0.05, 0.1) is 20.4 Å². The molecule has 0 aliphatic carbocycles. The van der Waals surface area contributed by atoms with E-state index in [-0.39, 0.29) is 12.3 Å². The molecule has 2 amide bonds. The maximum absolute atomic E-state index is 11.8. The van der Waals surface area contributed by atoms with E-state index in [1.165, 1.54) is 18.3 Å². The van der Waals surface area contributed by atoms with Gasteiger partial charge in [-0.15, -0.1) is 0 Å². The Hall–Kier alpha value is -3.55. The fraction of sp³-hybridized carbons (Fsp3) is 0.211. The molecule has 0 aliphatic heterocycles. The first kappa shape index (κ1) is 19.8. The molecule has 0 radical (unpaired) electrons. The van der Waals surface area contributed by atoms with Crippen LogP contribution in [0.3, 0.4) is 0 Å². The van der Waals surface area contributed by atoms with E-state index in [9.17, 15) is 14.7 Å². The van der Waals surface area contributed by atoms with Crippen molar-refractivity contribution in [3.8, 4) is 17.2 Å². The number of methoxy groups -OCH3 is 2. The maximum Gasteiger partial charge on any atom is 0.329 e. The van der Waals surface area contributed by atoms with E-state index in [0.29, 0.717) is 23.5 Å². The highest BCUT2D eigenvalue weighted by Gasteiger charge is 2.12. The van der Waals surface area contributed by atoms with Gasteiger partial charge in [-0.2, -0.15) is 5.10 Å². The molecule has 0 fully saturated rings. The SMILES string of the molecule is COc1ccc(CCNC(=O)C(=O)N/N=C\c2cccc(O)c2)cc1OC. The first-order valence-electron chi connectivity index (χ1n) is 8.14. The van der Waals surface area contributed by atoms with Crippen LogP contribution in [0.1, 0.15) is 11.1 Å². The number of hydrazone groups is 1. The van der Waals surface area contributed by atoms with Crippen LogP contribution < -0.4 is 20.2 Å². The van der Waals surface area contributed by atoms with Crippen LogP contribution in [0.25, 0.3) is 0 Å². The molecule has 2 aromatic rings. The van der Waals surface area contributed by atoms with Gasteiger partial charge in [0.25, 0.3) is 0 Å². The molecule has 0 saturated carbocycles. The Morgan fingerprint density at radius 3 is 2.56 bits per heavy atom. The summed E-state index contributed by atoms with van der Waals surface area (Å²) in [5, 5.41) is 15.5. The second-order valence-corrected chi connectivity index (χ2v) is 5.49. The second kappa shape index (κ2) is 9.81. The second-order valence-electron chi connectivity index (χ2n) is 5.49. The summed E-state index contributed by atoms with van der Waals surface area (Å²) in [6.07, 6.45) is 1.85. The number of benzene rings is 2. The first-order chi connectivity index (χ1) is 13.0. The molecule has 8 heteroatoms. The fourth-order valence-electron chi connectivity index (χ4n) is 2.26. The van der Waals surface area contributed by atoms with Crippen LogP contribution in [-0.2, 0) is 16.0 Å². The Morgan fingerprint density at radius 1 is 1.07 bits per heavy atom. The minimum atomic E-state index is -0.876. The van der Waals surface area contributed by atoms with Crippen LogP contribution in [0.2, 0.25) is 0 Å². The molecule has 0 saturated heterocycles. The van der Waals surface area contributed by atoms with Crippen molar-refractivity contribution in [2.24, 2.45) is 5.10 Å². The minimum Gasteiger partial charge on any atom is -0.508 e. The van der Waals surface area contributed by atoms with Crippen molar-refractivity contribution >= 4 is 18.0 Å². The number of nitrogens with zero attached hydrogens (tertiary/aromatic N) is 1. The number of aromatic hydroxyl groups is 1. The normalized spacial score (nSPS) is 10.4. The van der Waals surface area contributed by atoms with Crippen LogP contribution in [0, 0.1) is 0 Å². The molecule has 142 valence electrons. The van der Waals surface area contributed by atoms with E-state index >= 15 is 0 Å². The molecule has 2 rings (SSSR count). The summed E-state index contributed by atoms with van der Waals surface area (Å²) < 4.78 is 10.4. The predicted molar refractivity (Wildman–Crippen MR) is 100 cm³/mol. The lowest BCUT2D eigenvalue weighted by Crippen LogP contribution is -2.38. The summed E-state index contributed by atoms with van der Waals surface area (Å²) in [5.41, 5.74) is 3.65. The van der Waals surface area contributed by atoms with Crippen molar-refractivity contribution in [3.05, 3.63) is 53.6 Å². The van der Waals surface area contributed by atoms with Crippen molar-refractivity contribution in [1.29, 1.82) is 0 Å². The molecule has 0 bridgehead atoms. The Labute approximate surface area is 156 Å². The number of rotatable bonds is 7. The summed E-state index contributed by atoms with van der Waals surface area (Å²) in [6.45, 7) is 0.276. The molecule has 0 atom stereocenters. The smallest absolute Gasteiger partial charge is 0.329 e. The number of hydrogen-bond acceptors (Lipinski definition) is 6. The third-order valence-corrected chi connectivity index (χ3v) is 3.60. The van der Waals surface area contributed by atoms with Crippen molar-refractivity contribution < 1.29 is 24.2 Å². The summed E-state index contributed by atoms with van der Waals surface area (Å²) in [7, 11) is 3.10. The number of phenolic OH excluding ortho intramolecular Hbond substituents is 1. The highest BCUT2D eigenvalue weighted by Crippen LogP contribution is 2.27. The quantitative estimate of drug-likeness (QED) is 0.385. The van der Waals surface area contributed by atoms with Crippen molar-refractivity contribution in [3.63, 3.8) is 0 Å². The zero-order valence-electron chi connectivity index (χ0n) is 15.1. The third-order valence-electron chi connectivity index (χ3n) is 3.60. The minimum absolute atomic E-state index is 0.0816. The largest absolute Gasteiger partial charge is 0.508 e. The average Bonchev–Trinajstić information content (AvgIpc) is 2.67. The number of amides is 2. The van der Waals surface area contributed by atoms with Gasteiger partial charge in [0.2, 0.25) is 0 Å². The number of phenols is 1. The fourth-order valence-corrected chi connectivity index (χ4v) is 2.26. The summed E-state index contributed by atoms with van der Waals surface area (Å²) in [6, 6.07) is 11.8. The van der Waals surface area contributed by atoms with E-state index in [2.05, 4.69) is 15.8 Å². The van der Waals surface area contributed by atoms with Gasteiger partial charge in [-0.05, 0) is 41.8 Å². The van der Waals surface area contributed by atoms with Gasteiger partial charge in [-0.1, -0.05) is 18.2 Å². The summed E-state index contributed by atoms with van der Waals surface area (Å²) in [5.74, 6) is -0.366. The lowest BCUT2D eigenvalue weighted by atomic mass is 10.1. The van der Waals surface area contributed by atoms with Crippen LogP contribution in [-0.4, -0.2) is 43.9 Å². The maximum atomic E-state index is 11.8. The molecular formula is C19H21N3O5. The van der Waals surface area contributed by atoms with E-state index in [1.54, 1.807) is 32.4 Å². The van der Waals surface area contributed by atoms with Gasteiger partial charge in [-0.3, -0.25) is 9.59 Å². The first-order valence-corrected chi connectivity index (χ1v) is 8.14.